The maximum absolute atomic E-state index is 12.6. The lowest BCUT2D eigenvalue weighted by molar-refractivity contribution is -0.152. The molecule has 0 bridgehead atoms. The number of amides is 2. The molecule has 1 aliphatic rings. The molecule has 8 nitrogen and oxygen atoms in total. The fourth-order valence-electron chi connectivity index (χ4n) is 3.73. The van der Waals surface area contributed by atoms with Crippen molar-refractivity contribution in [3.8, 4) is 17.0 Å². The number of nitrogens with zero attached hydrogens (tertiary/aromatic N) is 2. The summed E-state index contributed by atoms with van der Waals surface area (Å²) in [5, 5.41) is 5.49. The predicted octanol–water partition coefficient (Wildman–Crippen LogP) is 4.51. The highest BCUT2D eigenvalue weighted by atomic mass is 35.5. The highest BCUT2D eigenvalue weighted by Crippen LogP contribution is 2.26. The van der Waals surface area contributed by atoms with Gasteiger partial charge >= 0.3 is 5.97 Å². The molecule has 2 aromatic carbocycles. The van der Waals surface area contributed by atoms with E-state index in [1.807, 2.05) is 29.6 Å². The molecule has 0 saturated carbocycles. The van der Waals surface area contributed by atoms with Crippen molar-refractivity contribution in [2.75, 3.05) is 32.1 Å². The fourth-order valence-corrected chi connectivity index (χ4v) is 4.59. The molecule has 0 spiro atoms. The molecule has 182 valence electrons. The van der Waals surface area contributed by atoms with Crippen LogP contribution in [0.2, 0.25) is 5.02 Å². The van der Waals surface area contributed by atoms with E-state index in [1.54, 1.807) is 36.3 Å². The molecule has 1 N–H and O–H groups in total. The SMILES string of the molecule is COc1ccc(-c2csc(NC(=O)COC(=O)C3CCN(C(=O)c4ccc(Cl)cc4)CC3)n2)cc1. The Morgan fingerprint density at radius 3 is 2.43 bits per heavy atom. The van der Waals surface area contributed by atoms with E-state index in [0.717, 1.165) is 17.0 Å². The summed E-state index contributed by atoms with van der Waals surface area (Å²) in [6.07, 6.45) is 0.967. The van der Waals surface area contributed by atoms with E-state index in [4.69, 9.17) is 21.1 Å². The number of anilines is 1. The van der Waals surface area contributed by atoms with E-state index in [9.17, 15) is 14.4 Å². The van der Waals surface area contributed by atoms with E-state index in [-0.39, 0.29) is 18.4 Å². The molecular weight excluding hydrogens is 490 g/mol. The minimum Gasteiger partial charge on any atom is -0.497 e. The molecule has 0 unspecified atom stereocenters. The van der Waals surface area contributed by atoms with Gasteiger partial charge in [-0.1, -0.05) is 11.6 Å². The van der Waals surface area contributed by atoms with Crippen molar-refractivity contribution in [1.29, 1.82) is 0 Å². The number of carbonyl (C=O) groups is 3. The van der Waals surface area contributed by atoms with Crippen molar-refractivity contribution in [1.82, 2.24) is 9.88 Å². The van der Waals surface area contributed by atoms with E-state index in [0.29, 0.717) is 41.6 Å². The number of halogens is 1. The molecule has 2 heterocycles. The Kier molecular flexibility index (Phi) is 7.99. The third-order valence-electron chi connectivity index (χ3n) is 5.69. The first-order valence-corrected chi connectivity index (χ1v) is 12.3. The molecular formula is C25H24ClN3O5S. The lowest BCUT2D eigenvalue weighted by Gasteiger charge is -2.31. The molecule has 1 saturated heterocycles. The number of methoxy groups -OCH3 is 1. The Labute approximate surface area is 211 Å². The standard InChI is InChI=1S/C25H24ClN3O5S/c1-33-20-8-4-16(5-9-20)21-15-35-25(27-21)28-22(30)14-34-24(32)18-10-12-29(13-11-18)23(31)17-2-6-19(26)7-3-17/h2-9,15,18H,10-14H2,1H3,(H,27,28,30). The van der Waals surface area contributed by atoms with E-state index in [1.165, 1.54) is 11.3 Å². The van der Waals surface area contributed by atoms with Crippen molar-refractivity contribution in [3.63, 3.8) is 0 Å². The van der Waals surface area contributed by atoms with Crippen molar-refractivity contribution in [2.45, 2.75) is 12.8 Å². The first-order valence-electron chi connectivity index (χ1n) is 11.0. The van der Waals surface area contributed by atoms with Crippen molar-refractivity contribution < 1.29 is 23.9 Å². The molecule has 1 aliphatic heterocycles. The average molecular weight is 514 g/mol. The maximum Gasteiger partial charge on any atom is 0.309 e. The van der Waals surface area contributed by atoms with Gasteiger partial charge in [0.2, 0.25) is 0 Å². The van der Waals surface area contributed by atoms with Crippen molar-refractivity contribution in [2.24, 2.45) is 5.92 Å². The Balaban J connectivity index is 1.21. The number of piperidine rings is 1. The normalized spacial score (nSPS) is 13.8. The van der Waals surface area contributed by atoms with Crippen molar-refractivity contribution >= 4 is 45.9 Å². The van der Waals surface area contributed by atoms with Crippen molar-refractivity contribution in [3.05, 3.63) is 64.5 Å². The minimum atomic E-state index is -0.454. The lowest BCUT2D eigenvalue weighted by Crippen LogP contribution is -2.41. The van der Waals surface area contributed by atoms with Crippen LogP contribution in [0.15, 0.2) is 53.9 Å². The third kappa shape index (κ3) is 6.37. The van der Waals surface area contributed by atoms with Crippen LogP contribution in [0.3, 0.4) is 0 Å². The first kappa shape index (κ1) is 24.7. The molecule has 1 fully saturated rings. The predicted molar refractivity (Wildman–Crippen MR) is 134 cm³/mol. The van der Waals surface area contributed by atoms with Gasteiger partial charge < -0.3 is 14.4 Å². The summed E-state index contributed by atoms with van der Waals surface area (Å²) >= 11 is 7.16. The molecule has 0 radical (unpaired) electrons. The van der Waals surface area contributed by atoms with Crippen LogP contribution >= 0.6 is 22.9 Å². The fraction of sp³-hybridized carbons (Fsp3) is 0.280. The summed E-state index contributed by atoms with van der Waals surface area (Å²) in [6.45, 7) is 0.502. The molecule has 0 atom stereocenters. The van der Waals surface area contributed by atoms with Gasteiger partial charge in [0.15, 0.2) is 11.7 Å². The van der Waals surface area contributed by atoms with Crippen LogP contribution in [0.5, 0.6) is 5.75 Å². The zero-order valence-electron chi connectivity index (χ0n) is 19.0. The summed E-state index contributed by atoms with van der Waals surface area (Å²) in [4.78, 5) is 43.4. The van der Waals surface area contributed by atoms with E-state index in [2.05, 4.69) is 10.3 Å². The zero-order chi connectivity index (χ0) is 24.8. The molecule has 2 amide bonds. The Morgan fingerprint density at radius 1 is 1.09 bits per heavy atom. The number of aromatic nitrogens is 1. The van der Waals surface area contributed by atoms with Crippen LogP contribution in [0.1, 0.15) is 23.2 Å². The number of likely N-dealkylation sites (tertiary alicyclic amines) is 1. The van der Waals surface area contributed by atoms with E-state index < -0.39 is 11.9 Å². The van der Waals surface area contributed by atoms with Crippen LogP contribution < -0.4 is 10.1 Å². The van der Waals surface area contributed by atoms with Crippen LogP contribution in [-0.2, 0) is 14.3 Å². The van der Waals surface area contributed by atoms with Gasteiger partial charge in [-0.3, -0.25) is 19.7 Å². The van der Waals surface area contributed by atoms with Crippen LogP contribution in [-0.4, -0.2) is 54.5 Å². The van der Waals surface area contributed by atoms with Crippen LogP contribution in [0.4, 0.5) is 5.13 Å². The average Bonchev–Trinajstić information content (AvgIpc) is 3.36. The largest absolute Gasteiger partial charge is 0.497 e. The second-order valence-corrected chi connectivity index (χ2v) is 9.29. The van der Waals surface area contributed by atoms with Gasteiger partial charge in [0, 0.05) is 34.6 Å². The van der Waals surface area contributed by atoms with Crippen LogP contribution in [0.25, 0.3) is 11.3 Å². The number of nitrogens with one attached hydrogen (secondary N) is 1. The number of rotatable bonds is 7. The number of ether oxygens (including phenoxy) is 2. The van der Waals surface area contributed by atoms with Gasteiger partial charge in [0.05, 0.1) is 18.7 Å². The minimum absolute atomic E-state index is 0.0923. The number of hydrogen-bond donors (Lipinski definition) is 1. The molecule has 4 rings (SSSR count). The third-order valence-corrected chi connectivity index (χ3v) is 6.70. The first-order chi connectivity index (χ1) is 16.9. The lowest BCUT2D eigenvalue weighted by atomic mass is 9.96. The summed E-state index contributed by atoms with van der Waals surface area (Å²) in [6, 6.07) is 14.2. The molecule has 1 aromatic heterocycles. The van der Waals surface area contributed by atoms with Gasteiger partial charge in [0.25, 0.3) is 11.8 Å². The molecule has 35 heavy (non-hydrogen) atoms. The van der Waals surface area contributed by atoms with Gasteiger partial charge in [-0.05, 0) is 61.4 Å². The van der Waals surface area contributed by atoms with Gasteiger partial charge in [-0.25, -0.2) is 4.98 Å². The Hall–Kier alpha value is -3.43. The number of hydrogen-bond acceptors (Lipinski definition) is 7. The summed E-state index contributed by atoms with van der Waals surface area (Å²) in [7, 11) is 1.60. The molecule has 0 aliphatic carbocycles. The Bertz CT molecular complexity index is 1190. The van der Waals surface area contributed by atoms with Gasteiger partial charge in [0.1, 0.15) is 5.75 Å². The summed E-state index contributed by atoms with van der Waals surface area (Å²) < 4.78 is 10.4. The second-order valence-electron chi connectivity index (χ2n) is 8.00. The number of thiazole rings is 1. The number of esters is 1. The topological polar surface area (TPSA) is 97.8 Å². The zero-order valence-corrected chi connectivity index (χ0v) is 20.6. The monoisotopic (exact) mass is 513 g/mol. The summed E-state index contributed by atoms with van der Waals surface area (Å²) in [5.41, 5.74) is 2.18. The second kappa shape index (κ2) is 11.3. The van der Waals surface area contributed by atoms with E-state index >= 15 is 0 Å². The smallest absolute Gasteiger partial charge is 0.309 e. The Morgan fingerprint density at radius 2 is 1.77 bits per heavy atom. The molecule has 10 heteroatoms. The number of carbonyl (C=O) groups excluding carboxylic acids is 3. The highest BCUT2D eigenvalue weighted by Gasteiger charge is 2.29. The van der Waals surface area contributed by atoms with Crippen LogP contribution in [0, 0.1) is 5.92 Å². The van der Waals surface area contributed by atoms with Gasteiger partial charge in [-0.15, -0.1) is 11.3 Å². The quantitative estimate of drug-likeness (QED) is 0.467. The van der Waals surface area contributed by atoms with Gasteiger partial charge in [-0.2, -0.15) is 0 Å². The molecule has 3 aromatic rings. The number of benzene rings is 2. The summed E-state index contributed by atoms with van der Waals surface area (Å²) in [5.74, 6) is -0.580. The highest BCUT2D eigenvalue weighted by molar-refractivity contribution is 7.14. The maximum atomic E-state index is 12.6.